The van der Waals surface area contributed by atoms with E-state index in [9.17, 15) is 4.79 Å². The fourth-order valence-electron chi connectivity index (χ4n) is 2.37. The Morgan fingerprint density at radius 2 is 2.28 bits per heavy atom. The van der Waals surface area contributed by atoms with Gasteiger partial charge in [0.1, 0.15) is 0 Å². The molecule has 98 valence electrons. The summed E-state index contributed by atoms with van der Waals surface area (Å²) in [5.74, 6) is 0.114. The van der Waals surface area contributed by atoms with Crippen LogP contribution in [0.1, 0.15) is 17.5 Å². The van der Waals surface area contributed by atoms with Gasteiger partial charge in [-0.15, -0.1) is 0 Å². The fourth-order valence-corrected chi connectivity index (χ4v) is 2.37. The van der Waals surface area contributed by atoms with E-state index in [1.807, 2.05) is 7.05 Å². The topological polar surface area (TPSA) is 44.4 Å². The molecular weight excluding hydrogens is 226 g/mol. The third-order valence-electron chi connectivity index (χ3n) is 3.20. The molecular formula is C14H21N3O. The highest BCUT2D eigenvalue weighted by atomic mass is 16.2. The van der Waals surface area contributed by atoms with Crippen LogP contribution in [0.25, 0.3) is 0 Å². The molecule has 0 spiro atoms. The van der Waals surface area contributed by atoms with Crippen molar-refractivity contribution in [3.63, 3.8) is 0 Å². The average molecular weight is 247 g/mol. The molecule has 0 aromatic heterocycles. The number of hydrogen-bond donors (Lipinski definition) is 2. The van der Waals surface area contributed by atoms with Gasteiger partial charge in [-0.2, -0.15) is 0 Å². The number of nitrogens with zero attached hydrogens (tertiary/aromatic N) is 1. The van der Waals surface area contributed by atoms with Crippen molar-refractivity contribution in [2.75, 3.05) is 31.6 Å². The fraction of sp³-hybridized carbons (Fsp3) is 0.500. The van der Waals surface area contributed by atoms with Crippen LogP contribution in [-0.2, 0) is 11.3 Å². The van der Waals surface area contributed by atoms with Crippen LogP contribution >= 0.6 is 0 Å². The Morgan fingerprint density at radius 1 is 1.44 bits per heavy atom. The maximum absolute atomic E-state index is 11.6. The Kier molecular flexibility index (Phi) is 4.20. The van der Waals surface area contributed by atoms with Crippen LogP contribution in [0.15, 0.2) is 18.2 Å². The predicted molar refractivity (Wildman–Crippen MR) is 73.8 cm³/mol. The van der Waals surface area contributed by atoms with Gasteiger partial charge in [-0.05, 0) is 32.0 Å². The zero-order valence-corrected chi connectivity index (χ0v) is 11.1. The zero-order chi connectivity index (χ0) is 13.0. The van der Waals surface area contributed by atoms with E-state index in [-0.39, 0.29) is 5.91 Å². The van der Waals surface area contributed by atoms with Crippen molar-refractivity contribution in [3.8, 4) is 0 Å². The van der Waals surface area contributed by atoms with Crippen molar-refractivity contribution >= 4 is 11.6 Å². The molecule has 4 heteroatoms. The first-order valence-corrected chi connectivity index (χ1v) is 6.46. The Hall–Kier alpha value is -1.55. The molecule has 2 N–H and O–H groups in total. The van der Waals surface area contributed by atoms with Gasteiger partial charge in [-0.1, -0.05) is 17.7 Å². The minimum Gasteiger partial charge on any atom is -0.362 e. The molecule has 1 saturated heterocycles. The molecule has 1 aliphatic heterocycles. The van der Waals surface area contributed by atoms with Crippen molar-refractivity contribution in [1.29, 1.82) is 0 Å². The summed E-state index contributed by atoms with van der Waals surface area (Å²) in [5.41, 5.74) is 3.68. The van der Waals surface area contributed by atoms with Crippen molar-refractivity contribution in [2.24, 2.45) is 0 Å². The SMILES string of the molecule is CNCc1cc(C)ccc1N1CCCNC(=O)C1. The minimum atomic E-state index is 0.114. The first kappa shape index (κ1) is 12.9. The van der Waals surface area contributed by atoms with Crippen molar-refractivity contribution < 1.29 is 4.79 Å². The van der Waals surface area contributed by atoms with E-state index >= 15 is 0 Å². The number of amides is 1. The van der Waals surface area contributed by atoms with Crippen molar-refractivity contribution in [3.05, 3.63) is 29.3 Å². The van der Waals surface area contributed by atoms with E-state index in [1.54, 1.807) is 0 Å². The van der Waals surface area contributed by atoms with Crippen molar-refractivity contribution in [1.82, 2.24) is 10.6 Å². The van der Waals surface area contributed by atoms with E-state index in [0.717, 1.165) is 26.1 Å². The highest BCUT2D eigenvalue weighted by molar-refractivity contribution is 5.82. The number of benzene rings is 1. The van der Waals surface area contributed by atoms with E-state index < -0.39 is 0 Å². The molecule has 0 saturated carbocycles. The summed E-state index contributed by atoms with van der Waals surface area (Å²) < 4.78 is 0. The van der Waals surface area contributed by atoms with Crippen LogP contribution in [0.4, 0.5) is 5.69 Å². The number of rotatable bonds is 3. The van der Waals surface area contributed by atoms with Gasteiger partial charge in [0, 0.05) is 25.3 Å². The van der Waals surface area contributed by atoms with Gasteiger partial charge in [-0.3, -0.25) is 4.79 Å². The third-order valence-corrected chi connectivity index (χ3v) is 3.20. The first-order valence-electron chi connectivity index (χ1n) is 6.46. The number of aryl methyl sites for hydroxylation is 1. The van der Waals surface area contributed by atoms with Gasteiger partial charge >= 0.3 is 0 Å². The molecule has 1 fully saturated rings. The first-order chi connectivity index (χ1) is 8.70. The number of hydrogen-bond acceptors (Lipinski definition) is 3. The normalized spacial score (nSPS) is 16.3. The van der Waals surface area contributed by atoms with Gasteiger partial charge < -0.3 is 15.5 Å². The monoisotopic (exact) mass is 247 g/mol. The second-order valence-electron chi connectivity index (χ2n) is 4.79. The highest BCUT2D eigenvalue weighted by Gasteiger charge is 2.17. The van der Waals surface area contributed by atoms with Crippen LogP contribution in [0.2, 0.25) is 0 Å². The number of carbonyl (C=O) groups is 1. The van der Waals surface area contributed by atoms with Crippen LogP contribution in [0.3, 0.4) is 0 Å². The Labute approximate surface area is 108 Å². The summed E-state index contributed by atoms with van der Waals surface area (Å²) in [6, 6.07) is 6.42. The highest BCUT2D eigenvalue weighted by Crippen LogP contribution is 2.22. The van der Waals surface area contributed by atoms with E-state index in [1.165, 1.54) is 16.8 Å². The van der Waals surface area contributed by atoms with Crippen LogP contribution in [0, 0.1) is 6.92 Å². The molecule has 0 radical (unpaired) electrons. The van der Waals surface area contributed by atoms with Gasteiger partial charge in [0.25, 0.3) is 0 Å². The summed E-state index contributed by atoms with van der Waals surface area (Å²) in [6.45, 7) is 5.09. The lowest BCUT2D eigenvalue weighted by Gasteiger charge is -2.24. The summed E-state index contributed by atoms with van der Waals surface area (Å²) in [4.78, 5) is 13.8. The lowest BCUT2D eigenvalue weighted by Crippen LogP contribution is -2.33. The Bertz CT molecular complexity index is 431. The molecule has 1 amide bonds. The lowest BCUT2D eigenvalue weighted by atomic mass is 10.1. The maximum Gasteiger partial charge on any atom is 0.239 e. The molecule has 0 atom stereocenters. The van der Waals surface area contributed by atoms with E-state index in [0.29, 0.717) is 6.54 Å². The second kappa shape index (κ2) is 5.87. The minimum absolute atomic E-state index is 0.114. The van der Waals surface area contributed by atoms with Gasteiger partial charge in [0.2, 0.25) is 5.91 Å². The predicted octanol–water partition coefficient (Wildman–Crippen LogP) is 1.04. The van der Waals surface area contributed by atoms with Gasteiger partial charge in [0.15, 0.2) is 0 Å². The summed E-state index contributed by atoms with van der Waals surface area (Å²) >= 11 is 0. The Morgan fingerprint density at radius 3 is 3.06 bits per heavy atom. The van der Waals surface area contributed by atoms with Crippen LogP contribution in [0.5, 0.6) is 0 Å². The molecule has 0 unspecified atom stereocenters. The zero-order valence-electron chi connectivity index (χ0n) is 11.1. The van der Waals surface area contributed by atoms with E-state index in [4.69, 9.17) is 0 Å². The second-order valence-corrected chi connectivity index (χ2v) is 4.79. The molecule has 4 nitrogen and oxygen atoms in total. The smallest absolute Gasteiger partial charge is 0.239 e. The lowest BCUT2D eigenvalue weighted by molar-refractivity contribution is -0.119. The molecule has 1 heterocycles. The molecule has 0 bridgehead atoms. The van der Waals surface area contributed by atoms with Gasteiger partial charge in [-0.25, -0.2) is 0 Å². The number of anilines is 1. The summed E-state index contributed by atoms with van der Waals surface area (Å²) in [5, 5.41) is 6.10. The largest absolute Gasteiger partial charge is 0.362 e. The third kappa shape index (κ3) is 3.01. The molecule has 0 aliphatic carbocycles. The molecule has 18 heavy (non-hydrogen) atoms. The molecule has 2 rings (SSSR count). The van der Waals surface area contributed by atoms with E-state index in [2.05, 4.69) is 40.7 Å². The average Bonchev–Trinajstić information content (AvgIpc) is 2.54. The Balaban J connectivity index is 2.27. The van der Waals surface area contributed by atoms with Crippen LogP contribution < -0.4 is 15.5 Å². The number of carbonyl (C=O) groups excluding carboxylic acids is 1. The molecule has 1 aromatic rings. The molecule has 1 aromatic carbocycles. The van der Waals surface area contributed by atoms with Crippen LogP contribution in [-0.4, -0.2) is 32.6 Å². The molecule has 1 aliphatic rings. The summed E-state index contributed by atoms with van der Waals surface area (Å²) in [7, 11) is 1.95. The number of nitrogens with one attached hydrogen (secondary N) is 2. The standard InChI is InChI=1S/C14H21N3O/c1-11-4-5-13(12(8-11)9-15-2)17-7-3-6-16-14(18)10-17/h4-5,8,15H,3,6-7,9-10H2,1-2H3,(H,16,18). The van der Waals surface area contributed by atoms with Crippen molar-refractivity contribution in [2.45, 2.75) is 19.9 Å². The quantitative estimate of drug-likeness (QED) is 0.839. The maximum atomic E-state index is 11.6. The summed E-state index contributed by atoms with van der Waals surface area (Å²) in [6.07, 6.45) is 0.999. The van der Waals surface area contributed by atoms with Gasteiger partial charge in [0.05, 0.1) is 6.54 Å².